The minimum absolute atomic E-state index is 0.375. The SMILES string of the molecule is Cc1cc(C#N)cc(C)c1Cc1cc(N)nc(Nc2ccc(C#N)cc2)n1. The fraction of sp³-hybridized carbons (Fsp3) is 0.143. The number of nitriles is 2. The van der Waals surface area contributed by atoms with Gasteiger partial charge in [-0.3, -0.25) is 0 Å². The van der Waals surface area contributed by atoms with Crippen LogP contribution in [0.25, 0.3) is 0 Å². The molecule has 2 aromatic carbocycles. The lowest BCUT2D eigenvalue weighted by Gasteiger charge is -2.12. The molecule has 0 atom stereocenters. The van der Waals surface area contributed by atoms with Gasteiger partial charge in [0.05, 0.1) is 29.0 Å². The van der Waals surface area contributed by atoms with Gasteiger partial charge in [-0.1, -0.05) is 0 Å². The molecule has 1 heterocycles. The van der Waals surface area contributed by atoms with Crippen LogP contribution in [0.15, 0.2) is 42.5 Å². The Balaban J connectivity index is 1.88. The molecule has 0 radical (unpaired) electrons. The summed E-state index contributed by atoms with van der Waals surface area (Å²) in [7, 11) is 0. The van der Waals surface area contributed by atoms with E-state index in [-0.39, 0.29) is 0 Å². The average molecular weight is 354 g/mol. The third-order valence-corrected chi connectivity index (χ3v) is 4.25. The molecule has 0 aliphatic carbocycles. The van der Waals surface area contributed by atoms with Crippen molar-refractivity contribution >= 4 is 17.5 Å². The predicted molar refractivity (Wildman–Crippen MR) is 104 cm³/mol. The van der Waals surface area contributed by atoms with Crippen LogP contribution in [0.3, 0.4) is 0 Å². The van der Waals surface area contributed by atoms with Crippen LogP contribution in [0.4, 0.5) is 17.5 Å². The Morgan fingerprint density at radius 1 is 0.926 bits per heavy atom. The van der Waals surface area contributed by atoms with Gasteiger partial charge in [0.25, 0.3) is 0 Å². The number of hydrogen-bond donors (Lipinski definition) is 2. The van der Waals surface area contributed by atoms with E-state index in [2.05, 4.69) is 27.4 Å². The number of nitrogen functional groups attached to an aromatic ring is 1. The molecule has 0 saturated carbocycles. The van der Waals surface area contributed by atoms with Crippen molar-refractivity contribution in [1.82, 2.24) is 9.97 Å². The van der Waals surface area contributed by atoms with Gasteiger partial charge in [0.2, 0.25) is 5.95 Å². The molecule has 0 aliphatic rings. The molecule has 27 heavy (non-hydrogen) atoms. The first kappa shape index (κ1) is 17.9. The average Bonchev–Trinajstić information content (AvgIpc) is 2.64. The van der Waals surface area contributed by atoms with Gasteiger partial charge in [0, 0.05) is 18.2 Å². The van der Waals surface area contributed by atoms with Gasteiger partial charge in [0.15, 0.2) is 0 Å². The molecule has 0 bridgehead atoms. The van der Waals surface area contributed by atoms with Gasteiger partial charge in [-0.2, -0.15) is 15.5 Å². The maximum atomic E-state index is 9.10. The van der Waals surface area contributed by atoms with Crippen molar-refractivity contribution in [3.8, 4) is 12.1 Å². The highest BCUT2D eigenvalue weighted by Gasteiger charge is 2.10. The van der Waals surface area contributed by atoms with Crippen molar-refractivity contribution < 1.29 is 0 Å². The van der Waals surface area contributed by atoms with Crippen LogP contribution < -0.4 is 11.1 Å². The predicted octanol–water partition coefficient (Wildman–Crippen LogP) is 3.75. The zero-order valence-corrected chi connectivity index (χ0v) is 15.1. The van der Waals surface area contributed by atoms with Crippen molar-refractivity contribution in [2.45, 2.75) is 20.3 Å². The number of nitrogens with zero attached hydrogens (tertiary/aromatic N) is 4. The largest absolute Gasteiger partial charge is 0.384 e. The van der Waals surface area contributed by atoms with Gasteiger partial charge >= 0.3 is 0 Å². The highest BCUT2D eigenvalue weighted by Crippen LogP contribution is 2.22. The summed E-state index contributed by atoms with van der Waals surface area (Å²) in [6, 6.07) is 16.8. The van der Waals surface area contributed by atoms with Crippen molar-refractivity contribution in [2.75, 3.05) is 11.1 Å². The number of aryl methyl sites for hydroxylation is 2. The van der Waals surface area contributed by atoms with E-state index in [1.165, 1.54) is 0 Å². The van der Waals surface area contributed by atoms with E-state index in [1.807, 2.05) is 26.0 Å². The van der Waals surface area contributed by atoms with Crippen LogP contribution in [0.2, 0.25) is 0 Å². The molecule has 1 aromatic heterocycles. The molecule has 132 valence electrons. The van der Waals surface area contributed by atoms with Crippen molar-refractivity contribution in [3.63, 3.8) is 0 Å². The molecule has 0 saturated heterocycles. The summed E-state index contributed by atoms with van der Waals surface area (Å²) in [4.78, 5) is 8.79. The second-order valence-corrected chi connectivity index (χ2v) is 6.30. The molecule has 0 fully saturated rings. The lowest BCUT2D eigenvalue weighted by molar-refractivity contribution is 1.02. The molecule has 0 spiro atoms. The van der Waals surface area contributed by atoms with Crippen molar-refractivity contribution in [2.24, 2.45) is 0 Å². The van der Waals surface area contributed by atoms with Crippen LogP contribution in [-0.2, 0) is 6.42 Å². The van der Waals surface area contributed by atoms with Crippen LogP contribution in [0.5, 0.6) is 0 Å². The van der Waals surface area contributed by atoms with Gasteiger partial charge < -0.3 is 11.1 Å². The molecule has 6 nitrogen and oxygen atoms in total. The minimum Gasteiger partial charge on any atom is -0.384 e. The highest BCUT2D eigenvalue weighted by atomic mass is 15.1. The van der Waals surface area contributed by atoms with Crippen LogP contribution in [0.1, 0.15) is 33.5 Å². The van der Waals surface area contributed by atoms with E-state index < -0.39 is 0 Å². The molecule has 6 heteroatoms. The first-order valence-electron chi connectivity index (χ1n) is 8.39. The third kappa shape index (κ3) is 4.20. The number of anilines is 3. The van der Waals surface area contributed by atoms with Gasteiger partial charge in [-0.25, -0.2) is 4.98 Å². The molecular weight excluding hydrogens is 336 g/mol. The Morgan fingerprint density at radius 2 is 1.56 bits per heavy atom. The van der Waals surface area contributed by atoms with E-state index in [1.54, 1.807) is 30.3 Å². The number of aromatic nitrogens is 2. The quantitative estimate of drug-likeness (QED) is 0.738. The van der Waals surface area contributed by atoms with E-state index >= 15 is 0 Å². The summed E-state index contributed by atoms with van der Waals surface area (Å²) in [6.07, 6.45) is 0.595. The van der Waals surface area contributed by atoms with Crippen LogP contribution >= 0.6 is 0 Å². The Labute approximate surface area is 157 Å². The Kier molecular flexibility index (Phi) is 5.01. The standard InChI is InChI=1S/C21H18N6/c1-13-7-16(12-23)8-14(2)19(13)9-18-10-20(24)27-21(26-18)25-17-5-3-15(11-22)4-6-17/h3-8,10H,9H2,1-2H3,(H3,24,25,26,27). The summed E-state index contributed by atoms with van der Waals surface area (Å²) in [5, 5.41) is 21.1. The van der Waals surface area contributed by atoms with E-state index in [0.29, 0.717) is 29.3 Å². The van der Waals surface area contributed by atoms with Gasteiger partial charge in [0.1, 0.15) is 5.82 Å². The second kappa shape index (κ2) is 7.55. The summed E-state index contributed by atoms with van der Waals surface area (Å²) >= 11 is 0. The smallest absolute Gasteiger partial charge is 0.229 e. The molecule has 0 amide bonds. The molecule has 0 aliphatic heterocycles. The maximum absolute atomic E-state index is 9.10. The number of nitrogens with one attached hydrogen (secondary N) is 1. The molecule has 3 aromatic rings. The van der Waals surface area contributed by atoms with Crippen molar-refractivity contribution in [3.05, 3.63) is 76.0 Å². The zero-order chi connectivity index (χ0) is 19.4. The minimum atomic E-state index is 0.375. The van der Waals surface area contributed by atoms with E-state index in [4.69, 9.17) is 16.3 Å². The Bertz CT molecular complexity index is 1050. The summed E-state index contributed by atoms with van der Waals surface area (Å²) in [5.41, 5.74) is 12.0. The number of rotatable bonds is 4. The summed E-state index contributed by atoms with van der Waals surface area (Å²) < 4.78 is 0. The van der Waals surface area contributed by atoms with E-state index in [0.717, 1.165) is 28.1 Å². The molecule has 3 rings (SSSR count). The summed E-state index contributed by atoms with van der Waals surface area (Å²) in [6.45, 7) is 3.98. The zero-order valence-electron chi connectivity index (χ0n) is 15.1. The molecule has 0 unspecified atom stereocenters. The first-order chi connectivity index (χ1) is 13.0. The van der Waals surface area contributed by atoms with E-state index in [9.17, 15) is 0 Å². The summed E-state index contributed by atoms with van der Waals surface area (Å²) in [5.74, 6) is 0.777. The normalized spacial score (nSPS) is 10.1. The lowest BCUT2D eigenvalue weighted by atomic mass is 9.96. The number of nitrogens with two attached hydrogens (primary N) is 1. The molecule has 3 N–H and O–H groups in total. The third-order valence-electron chi connectivity index (χ3n) is 4.25. The second-order valence-electron chi connectivity index (χ2n) is 6.30. The Hall–Kier alpha value is -3.90. The monoisotopic (exact) mass is 354 g/mol. The first-order valence-corrected chi connectivity index (χ1v) is 8.39. The topological polar surface area (TPSA) is 111 Å². The fourth-order valence-electron chi connectivity index (χ4n) is 2.94. The lowest BCUT2D eigenvalue weighted by Crippen LogP contribution is -2.05. The fourth-order valence-corrected chi connectivity index (χ4v) is 2.94. The number of benzene rings is 2. The van der Waals surface area contributed by atoms with Gasteiger partial charge in [-0.05, 0) is 66.9 Å². The molecular formula is C21H18N6. The maximum Gasteiger partial charge on any atom is 0.229 e. The number of hydrogen-bond acceptors (Lipinski definition) is 6. The van der Waals surface area contributed by atoms with Crippen LogP contribution in [0, 0.1) is 36.5 Å². The Morgan fingerprint density at radius 3 is 2.15 bits per heavy atom. The highest BCUT2D eigenvalue weighted by molar-refractivity contribution is 5.56. The van der Waals surface area contributed by atoms with Gasteiger partial charge in [-0.15, -0.1) is 0 Å². The van der Waals surface area contributed by atoms with Crippen LogP contribution in [-0.4, -0.2) is 9.97 Å². The van der Waals surface area contributed by atoms with Crippen molar-refractivity contribution in [1.29, 1.82) is 10.5 Å².